The number of amides is 2. The molecule has 0 saturated carbocycles. The predicted molar refractivity (Wildman–Crippen MR) is 86.7 cm³/mol. The Morgan fingerprint density at radius 2 is 2.19 bits per heavy atom. The Bertz CT molecular complexity index is 614. The molecule has 21 heavy (non-hydrogen) atoms. The molecule has 1 aromatic heterocycles. The van der Waals surface area contributed by atoms with Crippen LogP contribution in [0.25, 0.3) is 0 Å². The Morgan fingerprint density at radius 1 is 1.33 bits per heavy atom. The van der Waals surface area contributed by atoms with Crippen molar-refractivity contribution >= 4 is 29.0 Å². The van der Waals surface area contributed by atoms with E-state index in [0.717, 1.165) is 34.8 Å². The highest BCUT2D eigenvalue weighted by molar-refractivity contribution is 7.09. The van der Waals surface area contributed by atoms with Gasteiger partial charge in [-0.15, -0.1) is 11.3 Å². The lowest BCUT2D eigenvalue weighted by atomic mass is 10.0. The highest BCUT2D eigenvalue weighted by Crippen LogP contribution is 2.35. The van der Waals surface area contributed by atoms with Crippen LogP contribution in [0.1, 0.15) is 29.3 Å². The lowest BCUT2D eigenvalue weighted by Gasteiger charge is -2.26. The third-order valence-electron chi connectivity index (χ3n) is 3.77. The van der Waals surface area contributed by atoms with Crippen LogP contribution < -0.4 is 5.32 Å². The second-order valence-corrected chi connectivity index (χ2v) is 6.55. The number of thiophene rings is 1. The van der Waals surface area contributed by atoms with Gasteiger partial charge in [0.25, 0.3) is 0 Å². The Balaban J connectivity index is 1.69. The van der Waals surface area contributed by atoms with E-state index in [2.05, 4.69) is 5.32 Å². The smallest absolute Gasteiger partial charge is 0.318 e. The Hall–Kier alpha value is -1.52. The van der Waals surface area contributed by atoms with Gasteiger partial charge in [-0.25, -0.2) is 4.79 Å². The first-order valence-electron chi connectivity index (χ1n) is 7.07. The van der Waals surface area contributed by atoms with Crippen LogP contribution in [-0.2, 0) is 6.54 Å². The Labute approximate surface area is 133 Å². The first-order valence-corrected chi connectivity index (χ1v) is 8.33. The van der Waals surface area contributed by atoms with E-state index in [0.29, 0.717) is 6.54 Å². The van der Waals surface area contributed by atoms with Gasteiger partial charge in [0, 0.05) is 16.4 Å². The molecule has 0 aliphatic carbocycles. The molecule has 1 saturated heterocycles. The monoisotopic (exact) mass is 320 g/mol. The minimum absolute atomic E-state index is 0.00850. The van der Waals surface area contributed by atoms with Gasteiger partial charge in [-0.3, -0.25) is 0 Å². The summed E-state index contributed by atoms with van der Waals surface area (Å²) in [6, 6.07) is 11.9. The van der Waals surface area contributed by atoms with Gasteiger partial charge >= 0.3 is 6.03 Å². The lowest BCUT2D eigenvalue weighted by molar-refractivity contribution is 0.192. The first kappa shape index (κ1) is 14.4. The van der Waals surface area contributed by atoms with E-state index < -0.39 is 0 Å². The highest BCUT2D eigenvalue weighted by atomic mass is 35.5. The van der Waals surface area contributed by atoms with Gasteiger partial charge in [0.1, 0.15) is 0 Å². The van der Waals surface area contributed by atoms with E-state index >= 15 is 0 Å². The summed E-state index contributed by atoms with van der Waals surface area (Å²) in [5, 5.41) is 5.75. The summed E-state index contributed by atoms with van der Waals surface area (Å²) in [6.07, 6.45) is 1.98. The average molecular weight is 321 g/mol. The van der Waals surface area contributed by atoms with Crippen molar-refractivity contribution in [2.45, 2.75) is 25.4 Å². The molecule has 2 heterocycles. The van der Waals surface area contributed by atoms with Crippen molar-refractivity contribution in [1.29, 1.82) is 0 Å². The number of urea groups is 1. The van der Waals surface area contributed by atoms with Crippen molar-refractivity contribution in [3.05, 3.63) is 57.2 Å². The summed E-state index contributed by atoms with van der Waals surface area (Å²) in [5.74, 6) is 0. The molecule has 5 heteroatoms. The number of carbonyl (C=O) groups excluding carboxylic acids is 1. The van der Waals surface area contributed by atoms with E-state index in [1.54, 1.807) is 11.3 Å². The second-order valence-electron chi connectivity index (χ2n) is 5.11. The third-order valence-corrected chi connectivity index (χ3v) is 4.99. The van der Waals surface area contributed by atoms with E-state index in [4.69, 9.17) is 11.6 Å². The van der Waals surface area contributed by atoms with Crippen LogP contribution in [0.15, 0.2) is 41.8 Å². The molecule has 1 aliphatic rings. The van der Waals surface area contributed by atoms with E-state index in [9.17, 15) is 4.79 Å². The number of hydrogen-bond donors (Lipinski definition) is 1. The van der Waals surface area contributed by atoms with Crippen molar-refractivity contribution in [3.8, 4) is 0 Å². The standard InChI is InChI=1S/C16H17ClN2OS/c17-14-7-2-1-6-13(14)15-8-3-9-19(15)16(20)18-11-12-5-4-10-21-12/h1-2,4-7,10,15H,3,8-9,11H2,(H,18,20). The summed E-state index contributed by atoms with van der Waals surface area (Å²) in [6.45, 7) is 1.37. The van der Waals surface area contributed by atoms with Crippen LogP contribution in [0.3, 0.4) is 0 Å². The van der Waals surface area contributed by atoms with E-state index in [1.165, 1.54) is 0 Å². The highest BCUT2D eigenvalue weighted by Gasteiger charge is 2.30. The molecule has 3 nitrogen and oxygen atoms in total. The minimum Gasteiger partial charge on any atom is -0.333 e. The number of benzene rings is 1. The molecule has 1 N–H and O–H groups in total. The number of hydrogen-bond acceptors (Lipinski definition) is 2. The van der Waals surface area contributed by atoms with Crippen molar-refractivity contribution < 1.29 is 4.79 Å². The molecular weight excluding hydrogens is 304 g/mol. The molecule has 1 fully saturated rings. The van der Waals surface area contributed by atoms with Crippen LogP contribution >= 0.6 is 22.9 Å². The number of nitrogens with one attached hydrogen (secondary N) is 1. The van der Waals surface area contributed by atoms with Crippen LogP contribution in [0.2, 0.25) is 5.02 Å². The van der Waals surface area contributed by atoms with Crippen LogP contribution in [-0.4, -0.2) is 17.5 Å². The fourth-order valence-electron chi connectivity index (χ4n) is 2.76. The summed E-state index contributed by atoms with van der Waals surface area (Å²) in [4.78, 5) is 15.5. The summed E-state index contributed by atoms with van der Waals surface area (Å²) >= 11 is 7.93. The molecule has 0 radical (unpaired) electrons. The van der Waals surface area contributed by atoms with Gasteiger partial charge in [0.15, 0.2) is 0 Å². The van der Waals surface area contributed by atoms with Gasteiger partial charge < -0.3 is 10.2 Å². The van der Waals surface area contributed by atoms with Gasteiger partial charge in [0.2, 0.25) is 0 Å². The summed E-state index contributed by atoms with van der Waals surface area (Å²) in [7, 11) is 0. The van der Waals surface area contributed by atoms with Gasteiger partial charge in [-0.1, -0.05) is 35.9 Å². The fraction of sp³-hybridized carbons (Fsp3) is 0.312. The summed E-state index contributed by atoms with van der Waals surface area (Å²) in [5.41, 5.74) is 1.04. The second kappa shape index (κ2) is 6.50. The quantitative estimate of drug-likeness (QED) is 0.890. The van der Waals surface area contributed by atoms with Crippen LogP contribution in [0.4, 0.5) is 4.79 Å². The van der Waals surface area contributed by atoms with Crippen molar-refractivity contribution in [1.82, 2.24) is 10.2 Å². The third kappa shape index (κ3) is 3.22. The number of nitrogens with zero attached hydrogens (tertiary/aromatic N) is 1. The van der Waals surface area contributed by atoms with Gasteiger partial charge in [0.05, 0.1) is 12.6 Å². The molecule has 2 aromatic rings. The molecule has 3 rings (SSSR count). The Morgan fingerprint density at radius 3 is 2.95 bits per heavy atom. The maximum Gasteiger partial charge on any atom is 0.318 e. The molecule has 2 amide bonds. The van der Waals surface area contributed by atoms with Crippen LogP contribution in [0.5, 0.6) is 0 Å². The molecule has 110 valence electrons. The van der Waals surface area contributed by atoms with E-state index in [-0.39, 0.29) is 12.1 Å². The Kier molecular flexibility index (Phi) is 4.46. The average Bonchev–Trinajstić information content (AvgIpc) is 3.16. The number of rotatable bonds is 3. The number of halogens is 1. The summed E-state index contributed by atoms with van der Waals surface area (Å²) < 4.78 is 0. The maximum absolute atomic E-state index is 12.4. The van der Waals surface area contributed by atoms with E-state index in [1.807, 2.05) is 46.7 Å². The molecular formula is C16H17ClN2OS. The van der Waals surface area contributed by atoms with Crippen molar-refractivity contribution in [3.63, 3.8) is 0 Å². The lowest BCUT2D eigenvalue weighted by Crippen LogP contribution is -2.39. The number of carbonyl (C=O) groups is 1. The van der Waals surface area contributed by atoms with Gasteiger partial charge in [-0.05, 0) is 35.9 Å². The zero-order chi connectivity index (χ0) is 14.7. The molecule has 0 bridgehead atoms. The fourth-order valence-corrected chi connectivity index (χ4v) is 3.66. The zero-order valence-corrected chi connectivity index (χ0v) is 13.2. The SMILES string of the molecule is O=C(NCc1cccs1)N1CCCC1c1ccccc1Cl. The minimum atomic E-state index is -0.00850. The molecule has 1 aromatic carbocycles. The molecule has 1 unspecified atom stereocenters. The van der Waals surface area contributed by atoms with Crippen molar-refractivity contribution in [2.75, 3.05) is 6.54 Å². The first-order chi connectivity index (χ1) is 10.3. The van der Waals surface area contributed by atoms with Gasteiger partial charge in [-0.2, -0.15) is 0 Å². The topological polar surface area (TPSA) is 32.3 Å². The molecule has 0 spiro atoms. The maximum atomic E-state index is 12.4. The number of likely N-dealkylation sites (tertiary alicyclic amines) is 1. The molecule has 1 atom stereocenters. The largest absolute Gasteiger partial charge is 0.333 e. The van der Waals surface area contributed by atoms with Crippen molar-refractivity contribution in [2.24, 2.45) is 0 Å². The normalized spacial score (nSPS) is 18.0. The van der Waals surface area contributed by atoms with Crippen LogP contribution in [0, 0.1) is 0 Å². The predicted octanol–water partition coefficient (Wildman–Crippen LogP) is 4.45. The zero-order valence-electron chi connectivity index (χ0n) is 11.6. The molecule has 1 aliphatic heterocycles.